The van der Waals surface area contributed by atoms with Gasteiger partial charge in [-0.05, 0) is 80.3 Å². The Kier molecular flexibility index (Phi) is 10.7. The number of aliphatic carboxylic acids is 1. The average Bonchev–Trinajstić information content (AvgIpc) is 3.02. The Morgan fingerprint density at radius 3 is 2.16 bits per heavy atom. The molecule has 4 aromatic rings. The van der Waals surface area contributed by atoms with Crippen molar-refractivity contribution in [1.82, 2.24) is 4.90 Å². The van der Waals surface area contributed by atoms with Crippen molar-refractivity contribution in [3.63, 3.8) is 0 Å². The van der Waals surface area contributed by atoms with E-state index in [2.05, 4.69) is 79.4 Å². The van der Waals surface area contributed by atoms with Crippen LogP contribution in [0.15, 0.2) is 84.9 Å². The zero-order chi connectivity index (χ0) is 30.9. The van der Waals surface area contributed by atoms with Crippen molar-refractivity contribution < 1.29 is 19.4 Å². The van der Waals surface area contributed by atoms with Crippen LogP contribution in [-0.2, 0) is 43.9 Å². The number of rotatable bonds is 14. The number of hydrogen-bond donors (Lipinski definition) is 2. The lowest BCUT2D eigenvalue weighted by Crippen LogP contribution is -2.35. The van der Waals surface area contributed by atoms with Gasteiger partial charge in [-0.25, -0.2) is 0 Å². The van der Waals surface area contributed by atoms with Crippen LogP contribution < -0.4 is 15.2 Å². The molecule has 0 amide bonds. The zero-order valence-electron chi connectivity index (χ0n) is 25.9. The topological polar surface area (TPSA) is 85.0 Å². The van der Waals surface area contributed by atoms with E-state index >= 15 is 0 Å². The molecule has 0 saturated heterocycles. The molecule has 44 heavy (non-hydrogen) atoms. The molecule has 3 N–H and O–H groups in total. The van der Waals surface area contributed by atoms with Gasteiger partial charge in [0.05, 0.1) is 0 Å². The quantitative estimate of drug-likeness (QED) is 0.162. The summed E-state index contributed by atoms with van der Waals surface area (Å²) in [6, 6.07) is 28.3. The van der Waals surface area contributed by atoms with E-state index in [0.29, 0.717) is 39.3 Å². The van der Waals surface area contributed by atoms with Crippen LogP contribution >= 0.6 is 0 Å². The molecule has 0 unspecified atom stereocenters. The van der Waals surface area contributed by atoms with Crippen molar-refractivity contribution in [3.05, 3.63) is 129 Å². The molecule has 1 aliphatic rings. The van der Waals surface area contributed by atoms with E-state index in [4.69, 9.17) is 15.2 Å². The largest absolute Gasteiger partial charge is 0.489 e. The van der Waals surface area contributed by atoms with Crippen LogP contribution in [-0.4, -0.2) is 28.6 Å². The predicted molar refractivity (Wildman–Crippen MR) is 175 cm³/mol. The highest BCUT2D eigenvalue weighted by Gasteiger charge is 2.22. The number of benzene rings is 4. The third-order valence-electron chi connectivity index (χ3n) is 8.38. The Labute approximate surface area is 261 Å². The Bertz CT molecular complexity index is 1570. The van der Waals surface area contributed by atoms with Gasteiger partial charge in [-0.2, -0.15) is 0 Å². The molecule has 6 nitrogen and oxygen atoms in total. The number of carbonyl (C=O) groups is 1. The van der Waals surface area contributed by atoms with E-state index in [1.807, 2.05) is 24.3 Å². The number of carboxylic acid groups (broad SMARTS) is 1. The van der Waals surface area contributed by atoms with Crippen molar-refractivity contribution >= 4 is 5.97 Å². The molecule has 0 fully saturated rings. The smallest absolute Gasteiger partial charge is 0.320 e. The highest BCUT2D eigenvalue weighted by molar-refractivity contribution is 5.73. The van der Waals surface area contributed by atoms with E-state index in [9.17, 15) is 9.90 Å². The van der Waals surface area contributed by atoms with E-state index in [0.717, 1.165) is 47.5 Å². The van der Waals surface area contributed by atoms with Gasteiger partial charge in [0.2, 0.25) is 0 Å². The van der Waals surface area contributed by atoms with Gasteiger partial charge in [0.1, 0.15) is 30.8 Å². The summed E-state index contributed by atoms with van der Waals surface area (Å²) in [5.74, 6) is 0.738. The van der Waals surface area contributed by atoms with Crippen molar-refractivity contribution in [1.29, 1.82) is 0 Å². The SMILES string of the molecule is Cc1cccc(COc2ccccc2CN(CC[C@H](N)C(=O)O)Cc2c(OCc3cccc(C)c3)ccc3c2CCCC3)c1. The van der Waals surface area contributed by atoms with Crippen LogP contribution in [0.25, 0.3) is 0 Å². The molecule has 4 aromatic carbocycles. The first-order valence-corrected chi connectivity index (χ1v) is 15.6. The molecule has 0 saturated carbocycles. The molecule has 0 aromatic heterocycles. The van der Waals surface area contributed by atoms with Crippen LogP contribution in [0.1, 0.15) is 63.8 Å². The second-order valence-electron chi connectivity index (χ2n) is 12.0. The molecule has 0 heterocycles. The van der Waals surface area contributed by atoms with Crippen molar-refractivity contribution in [3.8, 4) is 11.5 Å². The summed E-state index contributed by atoms with van der Waals surface area (Å²) < 4.78 is 12.8. The molecule has 1 aliphatic carbocycles. The molecule has 5 rings (SSSR count). The van der Waals surface area contributed by atoms with Gasteiger partial charge < -0.3 is 20.3 Å². The first-order chi connectivity index (χ1) is 21.4. The Balaban J connectivity index is 1.41. The number of nitrogens with zero attached hydrogens (tertiary/aromatic N) is 1. The zero-order valence-corrected chi connectivity index (χ0v) is 25.9. The number of ether oxygens (including phenoxy) is 2. The number of carboxylic acids is 1. The average molecular weight is 593 g/mol. The molecule has 0 aliphatic heterocycles. The molecular formula is C38H44N2O4. The predicted octanol–water partition coefficient (Wildman–Crippen LogP) is 7.14. The maximum atomic E-state index is 11.6. The first kappa shape index (κ1) is 31.3. The highest BCUT2D eigenvalue weighted by Crippen LogP contribution is 2.34. The van der Waals surface area contributed by atoms with Gasteiger partial charge in [0.15, 0.2) is 0 Å². The fourth-order valence-electron chi connectivity index (χ4n) is 6.02. The summed E-state index contributed by atoms with van der Waals surface area (Å²) in [6.45, 7) is 6.90. The number of para-hydroxylation sites is 1. The summed E-state index contributed by atoms with van der Waals surface area (Å²) in [6.07, 6.45) is 4.78. The monoisotopic (exact) mass is 592 g/mol. The lowest BCUT2D eigenvalue weighted by atomic mass is 9.87. The molecular weight excluding hydrogens is 548 g/mol. The van der Waals surface area contributed by atoms with Crippen LogP contribution in [0, 0.1) is 13.8 Å². The first-order valence-electron chi connectivity index (χ1n) is 15.6. The third kappa shape index (κ3) is 8.49. The second-order valence-corrected chi connectivity index (χ2v) is 12.0. The Morgan fingerprint density at radius 2 is 1.48 bits per heavy atom. The standard InChI is InChI=1S/C38H44N2O4/c1-27-9-7-11-29(21-27)25-43-36-16-6-4-14-32(36)23-40(20-19-35(39)38(41)42)24-34-33-15-5-3-13-31(33)17-18-37(34)44-26-30-12-8-10-28(2)22-30/h4,6-12,14,16-18,21-22,35H,3,5,13,15,19-20,23-26,39H2,1-2H3,(H,41,42)/t35-/m0/s1. The van der Waals surface area contributed by atoms with Gasteiger partial charge >= 0.3 is 5.97 Å². The van der Waals surface area contributed by atoms with Crippen molar-refractivity contribution in [2.24, 2.45) is 5.73 Å². The summed E-state index contributed by atoms with van der Waals surface area (Å²) in [4.78, 5) is 13.9. The fraction of sp³-hybridized carbons (Fsp3) is 0.342. The Hall–Kier alpha value is -4.13. The van der Waals surface area contributed by atoms with E-state index in [-0.39, 0.29) is 0 Å². The molecule has 0 bridgehead atoms. The van der Waals surface area contributed by atoms with Crippen molar-refractivity contribution in [2.45, 2.75) is 78.3 Å². The normalized spacial score (nSPS) is 13.4. The van der Waals surface area contributed by atoms with Gasteiger partial charge in [-0.15, -0.1) is 0 Å². The van der Waals surface area contributed by atoms with E-state index < -0.39 is 12.0 Å². The van der Waals surface area contributed by atoms with Gasteiger partial charge in [0, 0.05) is 30.8 Å². The minimum Gasteiger partial charge on any atom is -0.489 e. The minimum absolute atomic E-state index is 0.343. The van der Waals surface area contributed by atoms with Gasteiger partial charge in [-0.3, -0.25) is 9.69 Å². The number of fused-ring (bicyclic) bond motifs is 1. The van der Waals surface area contributed by atoms with E-state index in [1.165, 1.54) is 34.2 Å². The maximum absolute atomic E-state index is 11.6. The van der Waals surface area contributed by atoms with Gasteiger partial charge in [0.25, 0.3) is 0 Å². The maximum Gasteiger partial charge on any atom is 0.320 e. The molecule has 0 radical (unpaired) electrons. The lowest BCUT2D eigenvalue weighted by molar-refractivity contribution is -0.138. The molecule has 230 valence electrons. The van der Waals surface area contributed by atoms with Crippen LogP contribution in [0.2, 0.25) is 0 Å². The third-order valence-corrected chi connectivity index (χ3v) is 8.38. The molecule has 0 spiro atoms. The number of hydrogen-bond acceptors (Lipinski definition) is 5. The van der Waals surface area contributed by atoms with Crippen molar-refractivity contribution in [2.75, 3.05) is 6.54 Å². The van der Waals surface area contributed by atoms with Crippen LogP contribution in [0.4, 0.5) is 0 Å². The highest BCUT2D eigenvalue weighted by atomic mass is 16.5. The molecule has 6 heteroatoms. The summed E-state index contributed by atoms with van der Waals surface area (Å²) >= 11 is 0. The summed E-state index contributed by atoms with van der Waals surface area (Å²) in [7, 11) is 0. The molecule has 1 atom stereocenters. The van der Waals surface area contributed by atoms with Crippen LogP contribution in [0.5, 0.6) is 11.5 Å². The number of nitrogens with two attached hydrogens (primary N) is 1. The minimum atomic E-state index is -0.980. The van der Waals surface area contributed by atoms with E-state index in [1.54, 1.807) is 0 Å². The number of aryl methyl sites for hydroxylation is 3. The fourth-order valence-corrected chi connectivity index (χ4v) is 6.02. The van der Waals surface area contributed by atoms with Gasteiger partial charge in [-0.1, -0.05) is 83.9 Å². The van der Waals surface area contributed by atoms with Crippen LogP contribution in [0.3, 0.4) is 0 Å². The summed E-state index contributed by atoms with van der Waals surface area (Å²) in [5, 5.41) is 9.53. The second kappa shape index (κ2) is 15.0. The Morgan fingerprint density at radius 1 is 0.818 bits per heavy atom. The lowest BCUT2D eigenvalue weighted by Gasteiger charge is -2.29. The summed E-state index contributed by atoms with van der Waals surface area (Å²) in [5.41, 5.74) is 15.7.